The molecule has 2 aromatic rings. The number of pyridine rings is 1. The first-order valence-electron chi connectivity index (χ1n) is 5.21. The number of nitrogens with one attached hydrogen (secondary N) is 1. The van der Waals surface area contributed by atoms with E-state index in [4.69, 9.17) is 10.7 Å². The molecule has 0 saturated heterocycles. The first-order valence-corrected chi connectivity index (χ1v) is 6.03. The van der Waals surface area contributed by atoms with E-state index in [2.05, 4.69) is 10.9 Å². The highest BCUT2D eigenvalue weighted by Crippen LogP contribution is 2.23. The molecule has 0 radical (unpaired) electrons. The van der Waals surface area contributed by atoms with E-state index in [0.717, 1.165) is 15.3 Å². The Labute approximate surface area is 109 Å². The Balaban J connectivity index is 2.20. The van der Waals surface area contributed by atoms with Crippen molar-refractivity contribution in [3.05, 3.63) is 52.0 Å². The summed E-state index contributed by atoms with van der Waals surface area (Å²) < 4.78 is 0. The summed E-state index contributed by atoms with van der Waals surface area (Å²) in [6, 6.07) is 9.54. The van der Waals surface area contributed by atoms with Crippen LogP contribution < -0.4 is 0 Å². The van der Waals surface area contributed by atoms with E-state index in [1.165, 1.54) is 11.3 Å². The summed E-state index contributed by atoms with van der Waals surface area (Å²) in [5.41, 5.74) is 1.34. The maximum absolute atomic E-state index is 8.81. The first-order chi connectivity index (χ1) is 8.83. The maximum atomic E-state index is 8.81. The minimum Gasteiger partial charge on any atom is -0.265 e. The zero-order valence-corrected chi connectivity index (χ0v) is 10.2. The van der Waals surface area contributed by atoms with Crippen LogP contribution in [0.3, 0.4) is 0 Å². The van der Waals surface area contributed by atoms with Crippen LogP contribution in [0.25, 0.3) is 17.7 Å². The lowest BCUT2D eigenvalue weighted by Gasteiger charge is -1.89. The Morgan fingerprint density at radius 2 is 2.00 bits per heavy atom. The normalized spacial score (nSPS) is 9.94. The summed E-state index contributed by atoms with van der Waals surface area (Å²) in [5, 5.41) is 15.8. The average molecular weight is 251 g/mol. The van der Waals surface area contributed by atoms with Crippen molar-refractivity contribution in [2.45, 2.75) is 0 Å². The van der Waals surface area contributed by atoms with E-state index in [-0.39, 0.29) is 5.57 Å². The Morgan fingerprint density at radius 3 is 2.67 bits per heavy atom. The average Bonchev–Trinajstić information content (AvgIpc) is 2.88. The molecule has 0 saturated carbocycles. The van der Waals surface area contributed by atoms with E-state index in [0.29, 0.717) is 0 Å². The van der Waals surface area contributed by atoms with Crippen molar-refractivity contribution in [3.63, 3.8) is 0 Å². The Bertz CT molecular complexity index is 656. The minimum absolute atomic E-state index is 0.267. The van der Waals surface area contributed by atoms with Crippen LogP contribution in [0, 0.1) is 16.7 Å². The first kappa shape index (κ1) is 12.0. The molecule has 0 amide bonds. The molecule has 2 heterocycles. The number of rotatable bonds is 3. The summed E-state index contributed by atoms with van der Waals surface area (Å²) in [6.07, 6.45) is 7.44. The fraction of sp³-hybridized carbons (Fsp3) is 0. The van der Waals surface area contributed by atoms with Crippen molar-refractivity contribution < 1.29 is 0 Å². The van der Waals surface area contributed by atoms with Crippen LogP contribution in [0.1, 0.15) is 15.3 Å². The van der Waals surface area contributed by atoms with E-state index < -0.39 is 0 Å². The van der Waals surface area contributed by atoms with Gasteiger partial charge in [-0.25, -0.2) is 0 Å². The van der Waals surface area contributed by atoms with Crippen molar-refractivity contribution in [2.24, 2.45) is 0 Å². The molecule has 0 aliphatic carbocycles. The molecule has 18 heavy (non-hydrogen) atoms. The largest absolute Gasteiger partial charge is 0.265 e. The number of nitriles is 1. The van der Waals surface area contributed by atoms with E-state index in [9.17, 15) is 0 Å². The van der Waals surface area contributed by atoms with E-state index >= 15 is 0 Å². The van der Waals surface area contributed by atoms with Crippen LogP contribution in [0.15, 0.2) is 36.7 Å². The molecule has 0 fully saturated rings. The van der Waals surface area contributed by atoms with Gasteiger partial charge in [-0.3, -0.25) is 10.4 Å². The van der Waals surface area contributed by atoms with Gasteiger partial charge in [-0.1, -0.05) is 6.08 Å². The summed E-state index contributed by atoms with van der Waals surface area (Å²) in [5.74, 6) is 2.14. The molecule has 0 bridgehead atoms. The molecule has 0 unspecified atom stereocenters. The van der Waals surface area contributed by atoms with Crippen LogP contribution in [-0.2, 0) is 0 Å². The molecule has 0 aromatic carbocycles. The summed E-state index contributed by atoms with van der Waals surface area (Å²) >= 11 is 1.46. The molecule has 3 nitrogen and oxygen atoms in total. The van der Waals surface area contributed by atoms with Gasteiger partial charge in [0.05, 0.1) is 4.88 Å². The van der Waals surface area contributed by atoms with Crippen molar-refractivity contribution in [2.75, 3.05) is 0 Å². The van der Waals surface area contributed by atoms with Crippen molar-refractivity contribution in [1.82, 2.24) is 4.98 Å². The van der Waals surface area contributed by atoms with Crippen LogP contribution in [0.2, 0.25) is 0 Å². The Kier molecular flexibility index (Phi) is 3.83. The second-order valence-electron chi connectivity index (χ2n) is 3.43. The molecule has 0 spiro atoms. The van der Waals surface area contributed by atoms with E-state index in [1.54, 1.807) is 12.4 Å². The molecule has 86 valence electrons. The molecule has 2 aromatic heterocycles. The highest BCUT2D eigenvalue weighted by Gasteiger charge is 2.03. The third kappa shape index (κ3) is 2.80. The Morgan fingerprint density at radius 1 is 1.22 bits per heavy atom. The minimum atomic E-state index is 0.267. The molecule has 0 aliphatic heterocycles. The van der Waals surface area contributed by atoms with Gasteiger partial charge in [-0.2, -0.15) is 5.26 Å². The highest BCUT2D eigenvalue weighted by atomic mass is 32.1. The van der Waals surface area contributed by atoms with Gasteiger partial charge in [-0.15, -0.1) is 11.3 Å². The predicted octanol–water partition coefficient (Wildman–Crippen LogP) is 3.47. The molecular formula is C14H9N3S. The predicted molar refractivity (Wildman–Crippen MR) is 74.2 cm³/mol. The Hall–Kier alpha value is -2.47. The molecule has 0 atom stereocenters. The third-order valence-corrected chi connectivity index (χ3v) is 3.32. The standard InChI is InChI=1S/C14H9N3S/c15-9-12(10-16)14-4-3-13(18-14)2-1-11-5-7-17-8-6-11/h1-8,15H/b2-1+. The second kappa shape index (κ2) is 5.74. The van der Waals surface area contributed by atoms with Gasteiger partial charge in [-0.05, 0) is 41.8 Å². The van der Waals surface area contributed by atoms with Gasteiger partial charge < -0.3 is 0 Å². The zero-order valence-electron chi connectivity index (χ0n) is 9.42. The molecule has 4 heteroatoms. The maximum Gasteiger partial charge on any atom is 0.130 e. The number of hydrogen-bond donors (Lipinski definition) is 1. The van der Waals surface area contributed by atoms with Gasteiger partial charge in [0.15, 0.2) is 0 Å². The molecule has 2 rings (SSSR count). The van der Waals surface area contributed by atoms with Crippen LogP contribution >= 0.6 is 11.3 Å². The van der Waals surface area contributed by atoms with Gasteiger partial charge in [0.2, 0.25) is 0 Å². The van der Waals surface area contributed by atoms with Crippen LogP contribution in [-0.4, -0.2) is 10.9 Å². The number of allylic oxidation sites excluding steroid dienone is 1. The van der Waals surface area contributed by atoms with Crippen molar-refractivity contribution in [3.8, 4) is 6.07 Å². The number of aromatic nitrogens is 1. The SMILES string of the molecule is N#CC(=C=N)c1ccc(/C=C/c2ccncc2)s1. The van der Waals surface area contributed by atoms with E-state index in [1.807, 2.05) is 42.5 Å². The molecular weight excluding hydrogens is 242 g/mol. The lowest BCUT2D eigenvalue weighted by Crippen LogP contribution is -1.72. The summed E-state index contributed by atoms with van der Waals surface area (Å²) in [7, 11) is 0. The number of nitrogens with zero attached hydrogens (tertiary/aromatic N) is 2. The van der Waals surface area contributed by atoms with Crippen molar-refractivity contribution in [1.29, 1.82) is 10.7 Å². The van der Waals surface area contributed by atoms with Crippen molar-refractivity contribution >= 4 is 34.9 Å². The quantitative estimate of drug-likeness (QED) is 0.670. The lowest BCUT2D eigenvalue weighted by atomic mass is 10.2. The summed E-state index contributed by atoms with van der Waals surface area (Å²) in [4.78, 5) is 5.75. The molecule has 0 aliphatic rings. The van der Waals surface area contributed by atoms with Gasteiger partial charge in [0.25, 0.3) is 0 Å². The van der Waals surface area contributed by atoms with Gasteiger partial charge >= 0.3 is 0 Å². The topological polar surface area (TPSA) is 60.5 Å². The smallest absolute Gasteiger partial charge is 0.130 e. The fourth-order valence-corrected chi connectivity index (χ4v) is 2.24. The van der Waals surface area contributed by atoms with Crippen LogP contribution in [0.5, 0.6) is 0 Å². The van der Waals surface area contributed by atoms with Crippen LogP contribution in [0.4, 0.5) is 0 Å². The fourth-order valence-electron chi connectivity index (χ4n) is 1.37. The third-order valence-electron chi connectivity index (χ3n) is 2.26. The lowest BCUT2D eigenvalue weighted by molar-refractivity contribution is 1.32. The highest BCUT2D eigenvalue weighted by molar-refractivity contribution is 7.14. The van der Waals surface area contributed by atoms with Gasteiger partial charge in [0.1, 0.15) is 11.6 Å². The zero-order chi connectivity index (χ0) is 12.8. The number of thiophene rings is 1. The van der Waals surface area contributed by atoms with Gasteiger partial charge in [0, 0.05) is 17.3 Å². The molecule has 1 N–H and O–H groups in total. The summed E-state index contributed by atoms with van der Waals surface area (Å²) in [6.45, 7) is 0. The monoisotopic (exact) mass is 251 g/mol. The number of hydrogen-bond acceptors (Lipinski definition) is 4. The second-order valence-corrected chi connectivity index (χ2v) is 4.54.